The maximum Gasteiger partial charge on any atom is 0.246 e. The van der Waals surface area contributed by atoms with Crippen molar-refractivity contribution in [2.45, 2.75) is 0 Å². The largest absolute Gasteiger partial charge is 0.368 e. The van der Waals surface area contributed by atoms with E-state index in [9.17, 15) is 9.18 Å². The van der Waals surface area contributed by atoms with Gasteiger partial charge in [-0.15, -0.1) is 0 Å². The van der Waals surface area contributed by atoms with Crippen LogP contribution in [-0.2, 0) is 4.79 Å². The van der Waals surface area contributed by atoms with Crippen LogP contribution in [0, 0.1) is 5.82 Å². The zero-order chi connectivity index (χ0) is 16.1. The molecule has 0 aromatic heterocycles. The molecule has 0 radical (unpaired) electrons. The molecule has 1 heterocycles. The Hall–Kier alpha value is -2.62. The van der Waals surface area contributed by atoms with Crippen LogP contribution in [-0.4, -0.2) is 37.0 Å². The number of amides is 1. The normalized spacial score (nSPS) is 15.2. The second-order valence-corrected chi connectivity index (χ2v) is 5.53. The van der Waals surface area contributed by atoms with Crippen molar-refractivity contribution in [2.75, 3.05) is 31.1 Å². The highest BCUT2D eigenvalue weighted by atomic mass is 19.1. The molecule has 1 fully saturated rings. The molecule has 118 valence electrons. The summed E-state index contributed by atoms with van der Waals surface area (Å²) in [4.78, 5) is 16.2. The molecule has 1 aliphatic heterocycles. The Labute approximate surface area is 135 Å². The number of carbonyl (C=O) groups is 1. The summed E-state index contributed by atoms with van der Waals surface area (Å²) >= 11 is 0. The van der Waals surface area contributed by atoms with Crippen LogP contribution in [0.15, 0.2) is 60.7 Å². The van der Waals surface area contributed by atoms with E-state index in [0.29, 0.717) is 13.1 Å². The third-order valence-electron chi connectivity index (χ3n) is 4.00. The Morgan fingerprint density at radius 2 is 1.57 bits per heavy atom. The van der Waals surface area contributed by atoms with Crippen molar-refractivity contribution in [3.8, 4) is 0 Å². The number of anilines is 1. The fourth-order valence-electron chi connectivity index (χ4n) is 2.67. The van der Waals surface area contributed by atoms with E-state index >= 15 is 0 Å². The van der Waals surface area contributed by atoms with Gasteiger partial charge in [-0.2, -0.15) is 0 Å². The van der Waals surface area contributed by atoms with E-state index in [0.717, 1.165) is 24.3 Å². The van der Waals surface area contributed by atoms with Crippen LogP contribution in [0.5, 0.6) is 0 Å². The van der Waals surface area contributed by atoms with Gasteiger partial charge in [0.25, 0.3) is 0 Å². The maximum absolute atomic E-state index is 13.0. The lowest BCUT2D eigenvalue weighted by Crippen LogP contribution is -2.48. The minimum absolute atomic E-state index is 0.0348. The van der Waals surface area contributed by atoms with E-state index in [1.165, 1.54) is 12.1 Å². The average molecular weight is 310 g/mol. The molecule has 1 aliphatic rings. The van der Waals surface area contributed by atoms with Gasteiger partial charge >= 0.3 is 0 Å². The summed E-state index contributed by atoms with van der Waals surface area (Å²) in [6, 6.07) is 16.3. The summed E-state index contributed by atoms with van der Waals surface area (Å²) in [5.74, 6) is -0.193. The Kier molecular flexibility index (Phi) is 4.71. The van der Waals surface area contributed by atoms with E-state index in [-0.39, 0.29) is 11.7 Å². The highest BCUT2D eigenvalue weighted by molar-refractivity contribution is 5.91. The Morgan fingerprint density at radius 1 is 0.913 bits per heavy atom. The van der Waals surface area contributed by atoms with E-state index in [1.807, 2.05) is 41.3 Å². The average Bonchev–Trinajstić information content (AvgIpc) is 2.61. The Bertz CT molecular complexity index is 674. The van der Waals surface area contributed by atoms with Crippen molar-refractivity contribution in [2.24, 2.45) is 0 Å². The topological polar surface area (TPSA) is 23.6 Å². The second kappa shape index (κ2) is 7.09. The summed E-state index contributed by atoms with van der Waals surface area (Å²) in [5, 5.41) is 0. The van der Waals surface area contributed by atoms with Crippen molar-refractivity contribution in [3.05, 3.63) is 72.1 Å². The van der Waals surface area contributed by atoms with Gasteiger partial charge in [-0.1, -0.05) is 30.3 Å². The molecule has 23 heavy (non-hydrogen) atoms. The number of halogens is 1. The Morgan fingerprint density at radius 3 is 2.22 bits per heavy atom. The molecule has 3 nitrogen and oxygen atoms in total. The zero-order valence-corrected chi connectivity index (χ0v) is 12.9. The number of carbonyl (C=O) groups excluding carboxylic acids is 1. The Balaban J connectivity index is 1.55. The molecule has 0 saturated carbocycles. The summed E-state index contributed by atoms with van der Waals surface area (Å²) in [6.07, 6.45) is 3.47. The first-order chi connectivity index (χ1) is 11.2. The molecule has 4 heteroatoms. The van der Waals surface area contributed by atoms with E-state index in [4.69, 9.17) is 0 Å². The van der Waals surface area contributed by atoms with Crippen molar-refractivity contribution in [1.82, 2.24) is 4.90 Å². The number of benzene rings is 2. The minimum Gasteiger partial charge on any atom is -0.368 e. The minimum atomic E-state index is -0.228. The van der Waals surface area contributed by atoms with Gasteiger partial charge in [0, 0.05) is 37.9 Å². The molecule has 0 bridgehead atoms. The predicted molar refractivity (Wildman–Crippen MR) is 90.7 cm³/mol. The second-order valence-electron chi connectivity index (χ2n) is 5.53. The first-order valence-corrected chi connectivity index (χ1v) is 7.75. The van der Waals surface area contributed by atoms with Gasteiger partial charge < -0.3 is 9.80 Å². The van der Waals surface area contributed by atoms with Crippen LogP contribution in [0.3, 0.4) is 0 Å². The first-order valence-electron chi connectivity index (χ1n) is 7.75. The summed E-state index contributed by atoms with van der Waals surface area (Å²) in [7, 11) is 0. The molecular formula is C19H19FN2O. The quantitative estimate of drug-likeness (QED) is 0.813. The number of hydrogen-bond acceptors (Lipinski definition) is 2. The van der Waals surface area contributed by atoms with Crippen LogP contribution in [0.2, 0.25) is 0 Å². The molecule has 0 N–H and O–H groups in total. The summed E-state index contributed by atoms with van der Waals surface area (Å²) in [5.41, 5.74) is 2.02. The molecular weight excluding hydrogens is 291 g/mol. The van der Waals surface area contributed by atoms with Crippen molar-refractivity contribution >= 4 is 17.7 Å². The molecule has 0 spiro atoms. The van der Waals surface area contributed by atoms with Crippen LogP contribution >= 0.6 is 0 Å². The molecule has 2 aromatic carbocycles. The van der Waals surface area contributed by atoms with Crippen molar-refractivity contribution < 1.29 is 9.18 Å². The lowest BCUT2D eigenvalue weighted by Gasteiger charge is -2.35. The van der Waals surface area contributed by atoms with Gasteiger partial charge in [0.1, 0.15) is 5.82 Å². The van der Waals surface area contributed by atoms with Crippen LogP contribution in [0.4, 0.5) is 10.1 Å². The number of piperazine rings is 1. The van der Waals surface area contributed by atoms with E-state index < -0.39 is 0 Å². The maximum atomic E-state index is 13.0. The fourth-order valence-corrected chi connectivity index (χ4v) is 2.67. The van der Waals surface area contributed by atoms with Crippen molar-refractivity contribution in [1.29, 1.82) is 0 Å². The van der Waals surface area contributed by atoms with E-state index in [2.05, 4.69) is 4.90 Å². The highest BCUT2D eigenvalue weighted by Crippen LogP contribution is 2.17. The van der Waals surface area contributed by atoms with Crippen LogP contribution in [0.25, 0.3) is 6.08 Å². The molecule has 3 rings (SSSR count). The van der Waals surface area contributed by atoms with E-state index in [1.54, 1.807) is 18.2 Å². The van der Waals surface area contributed by atoms with Gasteiger partial charge in [-0.25, -0.2) is 4.39 Å². The SMILES string of the molecule is O=C(/C=C/c1ccccc1)N1CCN(c2ccc(F)cc2)CC1. The summed E-state index contributed by atoms with van der Waals surface area (Å²) in [6.45, 7) is 2.87. The zero-order valence-electron chi connectivity index (χ0n) is 12.9. The fraction of sp³-hybridized carbons (Fsp3) is 0.211. The van der Waals surface area contributed by atoms with Crippen LogP contribution in [0.1, 0.15) is 5.56 Å². The lowest BCUT2D eigenvalue weighted by molar-refractivity contribution is -0.126. The van der Waals surface area contributed by atoms with Crippen molar-refractivity contribution in [3.63, 3.8) is 0 Å². The molecule has 1 amide bonds. The molecule has 0 atom stereocenters. The smallest absolute Gasteiger partial charge is 0.246 e. The number of rotatable bonds is 3. The molecule has 2 aromatic rings. The highest BCUT2D eigenvalue weighted by Gasteiger charge is 2.19. The monoisotopic (exact) mass is 310 g/mol. The van der Waals surface area contributed by atoms with Gasteiger partial charge in [0.05, 0.1) is 0 Å². The molecule has 1 saturated heterocycles. The lowest BCUT2D eigenvalue weighted by atomic mass is 10.2. The number of nitrogens with zero attached hydrogens (tertiary/aromatic N) is 2. The van der Waals surface area contributed by atoms with Gasteiger partial charge in [0.2, 0.25) is 5.91 Å². The third kappa shape index (κ3) is 3.97. The summed E-state index contributed by atoms with van der Waals surface area (Å²) < 4.78 is 13.0. The first kappa shape index (κ1) is 15.3. The predicted octanol–water partition coefficient (Wildman–Crippen LogP) is 3.19. The standard InChI is InChI=1S/C19H19FN2O/c20-17-7-9-18(10-8-17)21-12-14-22(15-13-21)19(23)11-6-16-4-2-1-3-5-16/h1-11H,12-15H2/b11-6+. The molecule has 0 aliphatic carbocycles. The van der Waals surface area contributed by atoms with Gasteiger partial charge in [-0.05, 0) is 35.9 Å². The van der Waals surface area contributed by atoms with Gasteiger partial charge in [0.15, 0.2) is 0 Å². The van der Waals surface area contributed by atoms with Gasteiger partial charge in [-0.3, -0.25) is 4.79 Å². The van der Waals surface area contributed by atoms with Crippen LogP contribution < -0.4 is 4.90 Å². The number of hydrogen-bond donors (Lipinski definition) is 0. The third-order valence-corrected chi connectivity index (χ3v) is 4.00. The molecule has 0 unspecified atom stereocenters.